The van der Waals surface area contributed by atoms with Crippen LogP contribution < -0.4 is 0 Å². The lowest BCUT2D eigenvalue weighted by Gasteiger charge is -2.11. The van der Waals surface area contributed by atoms with Crippen LogP contribution in [0.5, 0.6) is 0 Å². The van der Waals surface area contributed by atoms with Crippen LogP contribution in [0.3, 0.4) is 0 Å². The molecular weight excluding hydrogens is 204 g/mol. The summed E-state index contributed by atoms with van der Waals surface area (Å²) in [5.74, 6) is 0. The van der Waals surface area contributed by atoms with Gasteiger partial charge in [0.1, 0.15) is 0 Å². The number of allylic oxidation sites excluding steroid dienone is 1. The van der Waals surface area contributed by atoms with E-state index in [1.807, 2.05) is 6.07 Å². The number of aryl methyl sites for hydroxylation is 1. The zero-order chi connectivity index (χ0) is 12.3. The molecule has 0 saturated carbocycles. The van der Waals surface area contributed by atoms with E-state index >= 15 is 0 Å². The Kier molecular flexibility index (Phi) is 3.43. The van der Waals surface area contributed by atoms with Gasteiger partial charge in [-0.05, 0) is 35.6 Å². The summed E-state index contributed by atoms with van der Waals surface area (Å²) in [5.41, 5.74) is 6.28. The van der Waals surface area contributed by atoms with E-state index in [0.717, 1.165) is 12.0 Å². The molecule has 0 aliphatic rings. The molecule has 0 atom stereocenters. The topological polar surface area (TPSA) is 0 Å². The summed E-state index contributed by atoms with van der Waals surface area (Å²) in [4.78, 5) is 0. The molecule has 0 radical (unpaired) electrons. The van der Waals surface area contributed by atoms with E-state index in [-0.39, 0.29) is 0 Å². The zero-order valence-electron chi connectivity index (χ0n) is 10.5. The highest BCUT2D eigenvalue weighted by Gasteiger charge is 2.06. The maximum Gasteiger partial charge on any atom is -0.0106 e. The monoisotopic (exact) mass is 222 g/mol. The first-order chi connectivity index (χ1) is 8.22. The average Bonchev–Trinajstić information content (AvgIpc) is 2.39. The van der Waals surface area contributed by atoms with Crippen LogP contribution in [0.25, 0.3) is 16.7 Å². The highest BCUT2D eigenvalue weighted by Crippen LogP contribution is 2.29. The maximum absolute atomic E-state index is 4.07. The quantitative estimate of drug-likeness (QED) is 0.689. The molecule has 2 aromatic carbocycles. The fourth-order valence-electron chi connectivity index (χ4n) is 2.04. The summed E-state index contributed by atoms with van der Waals surface area (Å²) in [5, 5.41) is 0. The third-order valence-electron chi connectivity index (χ3n) is 3.04. The second kappa shape index (κ2) is 5.01. The van der Waals surface area contributed by atoms with Gasteiger partial charge in [0, 0.05) is 0 Å². The number of hydrogen-bond donors (Lipinski definition) is 0. The molecule has 0 heterocycles. The normalized spacial score (nSPS) is 10.2. The minimum absolute atomic E-state index is 1.07. The minimum Gasteiger partial charge on any atom is -0.0955 e. The molecule has 0 aliphatic heterocycles. The Balaban J connectivity index is 2.61. The summed E-state index contributed by atoms with van der Waals surface area (Å²) in [6.45, 7) is 8.31. The lowest BCUT2D eigenvalue weighted by atomic mass is 9.93. The van der Waals surface area contributed by atoms with E-state index in [1.54, 1.807) is 0 Å². The van der Waals surface area contributed by atoms with E-state index in [2.05, 4.69) is 62.9 Å². The van der Waals surface area contributed by atoms with Crippen molar-refractivity contribution in [2.75, 3.05) is 0 Å². The van der Waals surface area contributed by atoms with Crippen molar-refractivity contribution in [1.29, 1.82) is 0 Å². The summed E-state index contributed by atoms with van der Waals surface area (Å²) in [7, 11) is 0. The largest absolute Gasteiger partial charge is 0.0955 e. The molecule has 0 unspecified atom stereocenters. The standard InChI is InChI=1S/C17H18/c1-4-14-10-11-16(13(2)3)17(12-14)15-8-6-5-7-9-15/h5-12H,2,4H2,1,3H3. The molecule has 0 saturated heterocycles. The molecule has 2 aromatic rings. The summed E-state index contributed by atoms with van der Waals surface area (Å²) >= 11 is 0. The summed E-state index contributed by atoms with van der Waals surface area (Å²) < 4.78 is 0. The first kappa shape index (κ1) is 11.7. The molecule has 0 bridgehead atoms. The first-order valence-corrected chi connectivity index (χ1v) is 6.06. The van der Waals surface area contributed by atoms with Gasteiger partial charge in [-0.1, -0.05) is 67.6 Å². The minimum atomic E-state index is 1.07. The molecule has 0 N–H and O–H groups in total. The van der Waals surface area contributed by atoms with Crippen molar-refractivity contribution in [3.8, 4) is 11.1 Å². The fourth-order valence-corrected chi connectivity index (χ4v) is 2.04. The molecule has 0 heteroatoms. The van der Waals surface area contributed by atoms with E-state index < -0.39 is 0 Å². The van der Waals surface area contributed by atoms with Gasteiger partial charge >= 0.3 is 0 Å². The lowest BCUT2D eigenvalue weighted by molar-refractivity contribution is 1.14. The molecule has 86 valence electrons. The van der Waals surface area contributed by atoms with Crippen molar-refractivity contribution in [2.24, 2.45) is 0 Å². The van der Waals surface area contributed by atoms with E-state index in [9.17, 15) is 0 Å². The van der Waals surface area contributed by atoms with Gasteiger partial charge in [0.25, 0.3) is 0 Å². The van der Waals surface area contributed by atoms with Gasteiger partial charge in [0.15, 0.2) is 0 Å². The van der Waals surface area contributed by atoms with Crippen molar-refractivity contribution >= 4 is 5.57 Å². The third kappa shape index (κ3) is 2.47. The van der Waals surface area contributed by atoms with Gasteiger partial charge < -0.3 is 0 Å². The first-order valence-electron chi connectivity index (χ1n) is 6.06. The Labute approximate surface area is 104 Å². The Bertz CT molecular complexity index is 521. The van der Waals surface area contributed by atoms with Gasteiger partial charge in [-0.25, -0.2) is 0 Å². The van der Waals surface area contributed by atoms with Crippen LogP contribution in [0.15, 0.2) is 55.1 Å². The number of benzene rings is 2. The van der Waals surface area contributed by atoms with Gasteiger partial charge in [0.05, 0.1) is 0 Å². The van der Waals surface area contributed by atoms with Gasteiger partial charge in [-0.15, -0.1) is 0 Å². The Hall–Kier alpha value is -1.82. The zero-order valence-corrected chi connectivity index (χ0v) is 10.5. The van der Waals surface area contributed by atoms with Crippen LogP contribution in [0, 0.1) is 0 Å². The van der Waals surface area contributed by atoms with Gasteiger partial charge in [-0.2, -0.15) is 0 Å². The van der Waals surface area contributed by atoms with Crippen LogP contribution in [-0.2, 0) is 6.42 Å². The van der Waals surface area contributed by atoms with Crippen LogP contribution in [0.2, 0.25) is 0 Å². The molecular formula is C17H18. The molecule has 0 amide bonds. The van der Waals surface area contributed by atoms with Crippen LogP contribution in [0.4, 0.5) is 0 Å². The maximum atomic E-state index is 4.07. The number of rotatable bonds is 3. The van der Waals surface area contributed by atoms with E-state index in [4.69, 9.17) is 0 Å². The van der Waals surface area contributed by atoms with E-state index in [0.29, 0.717) is 0 Å². The third-order valence-corrected chi connectivity index (χ3v) is 3.04. The van der Waals surface area contributed by atoms with Crippen molar-refractivity contribution in [3.63, 3.8) is 0 Å². The molecule has 17 heavy (non-hydrogen) atoms. The van der Waals surface area contributed by atoms with Crippen LogP contribution >= 0.6 is 0 Å². The molecule has 0 spiro atoms. The van der Waals surface area contributed by atoms with Gasteiger partial charge in [-0.3, -0.25) is 0 Å². The summed E-state index contributed by atoms with van der Waals surface area (Å²) in [6, 6.07) is 17.2. The Morgan fingerprint density at radius 2 is 1.76 bits per heavy atom. The van der Waals surface area contributed by atoms with Crippen LogP contribution in [-0.4, -0.2) is 0 Å². The smallest absolute Gasteiger partial charge is 0.0106 e. The second-order valence-electron chi connectivity index (χ2n) is 4.38. The molecule has 2 rings (SSSR count). The predicted molar refractivity (Wildman–Crippen MR) is 76.0 cm³/mol. The van der Waals surface area contributed by atoms with E-state index in [1.165, 1.54) is 22.3 Å². The average molecular weight is 222 g/mol. The molecule has 0 nitrogen and oxygen atoms in total. The summed E-state index contributed by atoms with van der Waals surface area (Å²) in [6.07, 6.45) is 1.07. The van der Waals surface area contributed by atoms with Crippen molar-refractivity contribution in [1.82, 2.24) is 0 Å². The highest BCUT2D eigenvalue weighted by molar-refractivity contribution is 5.80. The highest BCUT2D eigenvalue weighted by atomic mass is 14.1. The molecule has 0 aliphatic carbocycles. The Morgan fingerprint density at radius 1 is 1.06 bits per heavy atom. The number of hydrogen-bond acceptors (Lipinski definition) is 0. The van der Waals surface area contributed by atoms with Crippen molar-refractivity contribution < 1.29 is 0 Å². The van der Waals surface area contributed by atoms with Gasteiger partial charge in [0.2, 0.25) is 0 Å². The SMILES string of the molecule is C=C(C)c1ccc(CC)cc1-c1ccccc1. The van der Waals surface area contributed by atoms with Crippen molar-refractivity contribution in [2.45, 2.75) is 20.3 Å². The van der Waals surface area contributed by atoms with Crippen LogP contribution in [0.1, 0.15) is 25.0 Å². The second-order valence-corrected chi connectivity index (χ2v) is 4.38. The Morgan fingerprint density at radius 3 is 2.35 bits per heavy atom. The lowest BCUT2D eigenvalue weighted by Crippen LogP contribution is -1.89. The fraction of sp³-hybridized carbons (Fsp3) is 0.176. The van der Waals surface area contributed by atoms with Crippen molar-refractivity contribution in [3.05, 3.63) is 66.2 Å². The molecule has 0 aromatic heterocycles. The predicted octanol–water partition coefficient (Wildman–Crippen LogP) is 4.95. The molecule has 0 fully saturated rings.